The van der Waals surface area contributed by atoms with Crippen molar-refractivity contribution >= 4 is 6.41 Å². The number of nitrogens with one attached hydrogen (secondary N) is 1. The number of carbonyl (C=O) groups excluding carboxylic acids is 1. The Morgan fingerprint density at radius 1 is 1.50 bits per heavy atom. The van der Waals surface area contributed by atoms with Gasteiger partial charge < -0.3 is 5.32 Å². The van der Waals surface area contributed by atoms with Crippen molar-refractivity contribution in [3.05, 3.63) is 30.1 Å². The Morgan fingerprint density at radius 2 is 2.25 bits per heavy atom. The van der Waals surface area contributed by atoms with Crippen molar-refractivity contribution in [3.63, 3.8) is 0 Å². The highest BCUT2D eigenvalue weighted by Gasteiger charge is 1.87. The molecule has 62 valence electrons. The molecular formula is C9H10N2O. The van der Waals surface area contributed by atoms with E-state index in [0.717, 1.165) is 5.69 Å². The van der Waals surface area contributed by atoms with Crippen molar-refractivity contribution in [2.75, 3.05) is 0 Å². The van der Waals surface area contributed by atoms with Gasteiger partial charge in [0.2, 0.25) is 6.41 Å². The number of hydrogen-bond acceptors (Lipinski definition) is 2. The van der Waals surface area contributed by atoms with Crippen LogP contribution in [0.15, 0.2) is 24.4 Å². The van der Waals surface area contributed by atoms with Gasteiger partial charge in [-0.05, 0) is 12.1 Å². The van der Waals surface area contributed by atoms with Gasteiger partial charge >= 0.3 is 0 Å². The van der Waals surface area contributed by atoms with E-state index in [-0.39, 0.29) is 0 Å². The number of aromatic nitrogens is 1. The smallest absolute Gasteiger partial charge is 0.207 e. The number of terminal acetylenes is 1. The third-order valence-electron chi connectivity index (χ3n) is 1.09. The summed E-state index contributed by atoms with van der Waals surface area (Å²) in [4.78, 5) is 13.8. The Balaban J connectivity index is 0.000000561. The molecule has 1 N–H and O–H groups in total. The van der Waals surface area contributed by atoms with Crippen molar-refractivity contribution in [3.8, 4) is 12.8 Å². The minimum Gasteiger partial charge on any atom is -0.353 e. The summed E-state index contributed by atoms with van der Waals surface area (Å²) in [6.07, 6.45) is 10.4. The van der Waals surface area contributed by atoms with Gasteiger partial charge in [0, 0.05) is 6.20 Å². The van der Waals surface area contributed by atoms with Gasteiger partial charge in [0.1, 0.15) is 0 Å². The normalized spacial score (nSPS) is 7.50. The quantitative estimate of drug-likeness (QED) is 0.521. The standard InChI is InChI=1S/C7H8N2O.C2H2/c10-6-8-5-7-3-1-2-4-9-7;1-2/h1-4,6H,5H2,(H,8,10);1-2H. The number of amides is 1. The fraction of sp³-hybridized carbons (Fsp3) is 0.111. The van der Waals surface area contributed by atoms with Crippen LogP contribution in [0, 0.1) is 12.8 Å². The Morgan fingerprint density at radius 3 is 2.75 bits per heavy atom. The van der Waals surface area contributed by atoms with Gasteiger partial charge in [0.15, 0.2) is 0 Å². The highest BCUT2D eigenvalue weighted by atomic mass is 16.1. The van der Waals surface area contributed by atoms with Crippen LogP contribution in [-0.2, 0) is 11.3 Å². The van der Waals surface area contributed by atoms with Crippen molar-refractivity contribution in [1.29, 1.82) is 0 Å². The van der Waals surface area contributed by atoms with Crippen molar-refractivity contribution in [1.82, 2.24) is 10.3 Å². The van der Waals surface area contributed by atoms with E-state index < -0.39 is 0 Å². The number of carbonyl (C=O) groups is 1. The molecule has 0 aromatic carbocycles. The van der Waals surface area contributed by atoms with Gasteiger partial charge in [-0.2, -0.15) is 0 Å². The van der Waals surface area contributed by atoms with Gasteiger partial charge in [0.05, 0.1) is 12.2 Å². The van der Waals surface area contributed by atoms with Crippen molar-refractivity contribution in [2.45, 2.75) is 6.54 Å². The molecule has 0 aliphatic carbocycles. The van der Waals surface area contributed by atoms with Crippen LogP contribution in [-0.4, -0.2) is 11.4 Å². The Labute approximate surface area is 71.8 Å². The lowest BCUT2D eigenvalue weighted by atomic mass is 10.3. The van der Waals surface area contributed by atoms with E-state index in [0.29, 0.717) is 13.0 Å². The molecule has 1 amide bonds. The maximum Gasteiger partial charge on any atom is 0.207 e. The molecule has 1 aromatic rings. The summed E-state index contributed by atoms with van der Waals surface area (Å²) in [5, 5.41) is 2.52. The van der Waals surface area contributed by atoms with Crippen LogP contribution in [0.25, 0.3) is 0 Å². The number of pyridine rings is 1. The molecule has 3 heteroatoms. The summed E-state index contributed by atoms with van der Waals surface area (Å²) in [6, 6.07) is 5.58. The fourth-order valence-electron chi connectivity index (χ4n) is 0.649. The van der Waals surface area contributed by atoms with E-state index in [1.165, 1.54) is 0 Å². The van der Waals surface area contributed by atoms with Crippen LogP contribution in [0.2, 0.25) is 0 Å². The van der Waals surface area contributed by atoms with E-state index >= 15 is 0 Å². The van der Waals surface area contributed by atoms with E-state index in [9.17, 15) is 4.79 Å². The first kappa shape index (κ1) is 10.2. The minimum atomic E-state index is 0.504. The average molecular weight is 162 g/mol. The predicted molar refractivity (Wildman–Crippen MR) is 47.0 cm³/mol. The third kappa shape index (κ3) is 4.07. The topological polar surface area (TPSA) is 42.0 Å². The van der Waals surface area contributed by atoms with Gasteiger partial charge in [-0.3, -0.25) is 9.78 Å². The first-order valence-electron chi connectivity index (χ1n) is 3.34. The van der Waals surface area contributed by atoms with E-state index in [1.807, 2.05) is 18.2 Å². The Kier molecular flexibility index (Phi) is 6.18. The predicted octanol–water partition coefficient (Wildman–Crippen LogP) is 0.577. The summed E-state index contributed by atoms with van der Waals surface area (Å²) in [5.74, 6) is 0. The lowest BCUT2D eigenvalue weighted by Gasteiger charge is -1.95. The summed E-state index contributed by atoms with van der Waals surface area (Å²) >= 11 is 0. The lowest BCUT2D eigenvalue weighted by Crippen LogP contribution is -2.10. The van der Waals surface area contributed by atoms with Gasteiger partial charge in [-0.1, -0.05) is 6.07 Å². The number of hydrogen-bond donors (Lipinski definition) is 1. The fourth-order valence-corrected chi connectivity index (χ4v) is 0.649. The molecule has 0 aliphatic rings. The highest BCUT2D eigenvalue weighted by Crippen LogP contribution is 1.90. The molecule has 1 aromatic heterocycles. The van der Waals surface area contributed by atoms with Crippen LogP contribution >= 0.6 is 0 Å². The SMILES string of the molecule is C#C.O=CNCc1ccccn1. The third-order valence-corrected chi connectivity index (χ3v) is 1.09. The van der Waals surface area contributed by atoms with Gasteiger partial charge in [-0.25, -0.2) is 0 Å². The van der Waals surface area contributed by atoms with Gasteiger partial charge in [-0.15, -0.1) is 12.8 Å². The summed E-state index contributed by atoms with van der Waals surface area (Å²) in [5.41, 5.74) is 0.870. The molecule has 0 atom stereocenters. The zero-order valence-electron chi connectivity index (χ0n) is 6.60. The second-order valence-corrected chi connectivity index (χ2v) is 1.82. The average Bonchev–Trinajstić information content (AvgIpc) is 2.19. The van der Waals surface area contributed by atoms with Crippen LogP contribution in [0.5, 0.6) is 0 Å². The second-order valence-electron chi connectivity index (χ2n) is 1.82. The van der Waals surface area contributed by atoms with Crippen molar-refractivity contribution < 1.29 is 4.79 Å². The zero-order valence-corrected chi connectivity index (χ0v) is 6.60. The van der Waals surface area contributed by atoms with Crippen LogP contribution in [0.4, 0.5) is 0 Å². The van der Waals surface area contributed by atoms with Gasteiger partial charge in [0.25, 0.3) is 0 Å². The molecule has 0 bridgehead atoms. The van der Waals surface area contributed by atoms with Crippen LogP contribution in [0.1, 0.15) is 5.69 Å². The largest absolute Gasteiger partial charge is 0.353 e. The molecule has 0 radical (unpaired) electrons. The minimum absolute atomic E-state index is 0.504. The Bertz CT molecular complexity index is 231. The van der Waals surface area contributed by atoms with E-state index in [2.05, 4.69) is 23.1 Å². The highest BCUT2D eigenvalue weighted by molar-refractivity contribution is 5.45. The summed E-state index contributed by atoms with van der Waals surface area (Å²) in [6.45, 7) is 0.504. The van der Waals surface area contributed by atoms with E-state index in [1.54, 1.807) is 6.20 Å². The molecular weight excluding hydrogens is 152 g/mol. The maximum absolute atomic E-state index is 9.84. The first-order chi connectivity index (χ1) is 5.93. The molecule has 0 spiro atoms. The summed E-state index contributed by atoms with van der Waals surface area (Å²) < 4.78 is 0. The van der Waals surface area contributed by atoms with Crippen molar-refractivity contribution in [2.24, 2.45) is 0 Å². The lowest BCUT2D eigenvalue weighted by molar-refractivity contribution is -0.109. The maximum atomic E-state index is 9.84. The van der Waals surface area contributed by atoms with E-state index in [4.69, 9.17) is 0 Å². The number of rotatable bonds is 3. The molecule has 1 rings (SSSR count). The van der Waals surface area contributed by atoms with Crippen LogP contribution in [0.3, 0.4) is 0 Å². The second kappa shape index (κ2) is 7.29. The molecule has 0 saturated carbocycles. The molecule has 0 fully saturated rings. The molecule has 0 saturated heterocycles. The molecule has 3 nitrogen and oxygen atoms in total. The zero-order chi connectivity index (χ0) is 9.23. The number of nitrogens with zero attached hydrogens (tertiary/aromatic N) is 1. The monoisotopic (exact) mass is 162 g/mol. The molecule has 12 heavy (non-hydrogen) atoms. The molecule has 0 aliphatic heterocycles. The first-order valence-corrected chi connectivity index (χ1v) is 3.34. The van der Waals surface area contributed by atoms with Crippen LogP contribution < -0.4 is 5.32 Å². The Hall–Kier alpha value is -1.82. The molecule has 1 heterocycles. The molecule has 0 unspecified atom stereocenters. The summed E-state index contributed by atoms with van der Waals surface area (Å²) in [7, 11) is 0.